The molecule has 0 radical (unpaired) electrons. The van der Waals surface area contributed by atoms with Gasteiger partial charge in [0.2, 0.25) is 0 Å². The highest BCUT2D eigenvalue weighted by Gasteiger charge is 2.43. The van der Waals surface area contributed by atoms with Crippen LogP contribution in [0.25, 0.3) is 0 Å². The lowest BCUT2D eigenvalue weighted by molar-refractivity contribution is -0.0549. The lowest BCUT2D eigenvalue weighted by Crippen LogP contribution is -2.36. The van der Waals surface area contributed by atoms with Gasteiger partial charge in [-0.1, -0.05) is 0 Å². The van der Waals surface area contributed by atoms with E-state index < -0.39 is 36.8 Å². The zero-order valence-corrected chi connectivity index (χ0v) is 10.7. The summed E-state index contributed by atoms with van der Waals surface area (Å²) in [5, 5.41) is 28.5. The minimum atomic E-state index is -1.29. The molecule has 1 aliphatic rings. The molecular weight excluding hydrogens is 254 g/mol. The highest BCUT2D eigenvalue weighted by atomic mass is 16.6. The molecule has 1 saturated heterocycles. The summed E-state index contributed by atoms with van der Waals surface area (Å²) in [5.41, 5.74) is -0.596. The van der Waals surface area contributed by atoms with Gasteiger partial charge in [0, 0.05) is 20.3 Å². The van der Waals surface area contributed by atoms with Crippen LogP contribution in [0.5, 0.6) is 0 Å². The van der Waals surface area contributed by atoms with Gasteiger partial charge in [-0.05, 0) is 6.07 Å². The molecule has 3 N–H and O–H groups in total. The molecule has 1 aromatic heterocycles. The van der Waals surface area contributed by atoms with Crippen molar-refractivity contribution in [2.45, 2.75) is 24.5 Å². The second-order valence-corrected chi connectivity index (χ2v) is 4.60. The summed E-state index contributed by atoms with van der Waals surface area (Å²) in [5.74, 6) is 0.480. The molecule has 0 saturated carbocycles. The van der Waals surface area contributed by atoms with E-state index in [-0.39, 0.29) is 0 Å². The summed E-state index contributed by atoms with van der Waals surface area (Å²) in [6.07, 6.45) is -3.06. The maximum Gasteiger partial charge on any atom is 0.351 e. The number of anilines is 1. The van der Waals surface area contributed by atoms with Crippen molar-refractivity contribution in [3.05, 3.63) is 22.7 Å². The van der Waals surface area contributed by atoms with Crippen LogP contribution in [0.3, 0.4) is 0 Å². The number of aromatic nitrogens is 2. The fourth-order valence-corrected chi connectivity index (χ4v) is 1.96. The zero-order chi connectivity index (χ0) is 14.2. The fraction of sp³-hybridized carbons (Fsp3) is 0.636. The van der Waals surface area contributed by atoms with E-state index in [1.807, 2.05) is 0 Å². The van der Waals surface area contributed by atoms with E-state index in [0.29, 0.717) is 5.82 Å². The quantitative estimate of drug-likeness (QED) is 0.579. The first-order chi connectivity index (χ1) is 8.95. The van der Waals surface area contributed by atoms with E-state index in [4.69, 9.17) is 9.84 Å². The highest BCUT2D eigenvalue weighted by molar-refractivity contribution is 5.33. The van der Waals surface area contributed by atoms with Gasteiger partial charge >= 0.3 is 5.69 Å². The van der Waals surface area contributed by atoms with Crippen molar-refractivity contribution in [2.75, 3.05) is 25.6 Å². The molecule has 1 fully saturated rings. The molecule has 2 rings (SSSR count). The van der Waals surface area contributed by atoms with Gasteiger partial charge in [0.05, 0.1) is 6.61 Å². The molecule has 0 bridgehead atoms. The second kappa shape index (κ2) is 5.25. The molecule has 0 aromatic carbocycles. The Balaban J connectivity index is 2.31. The Morgan fingerprint density at radius 1 is 1.42 bits per heavy atom. The number of hydrogen-bond acceptors (Lipinski definition) is 7. The number of rotatable bonds is 3. The van der Waals surface area contributed by atoms with Crippen molar-refractivity contribution in [3.8, 4) is 0 Å². The number of aliphatic hydroxyl groups is 3. The Labute approximate surface area is 109 Å². The number of nitrogens with zero attached hydrogens (tertiary/aromatic N) is 3. The number of ether oxygens (including phenoxy) is 1. The predicted octanol–water partition coefficient (Wildman–Crippen LogP) is -2.08. The van der Waals surface area contributed by atoms with Crippen LogP contribution in [-0.2, 0) is 4.74 Å². The normalized spacial score (nSPS) is 30.6. The summed E-state index contributed by atoms with van der Waals surface area (Å²) >= 11 is 0. The summed E-state index contributed by atoms with van der Waals surface area (Å²) in [7, 11) is 3.50. The third-order valence-electron chi connectivity index (χ3n) is 3.06. The van der Waals surface area contributed by atoms with Crippen LogP contribution in [0.4, 0.5) is 5.82 Å². The molecule has 106 valence electrons. The van der Waals surface area contributed by atoms with E-state index in [1.54, 1.807) is 25.1 Å². The molecule has 0 unspecified atom stereocenters. The first kappa shape index (κ1) is 13.9. The first-order valence-corrected chi connectivity index (χ1v) is 5.84. The Bertz CT molecular complexity index is 503. The van der Waals surface area contributed by atoms with Crippen LogP contribution in [0.15, 0.2) is 17.1 Å². The number of hydrogen-bond donors (Lipinski definition) is 3. The standard InChI is InChI=1S/C11H17N3O5/c1-13(2)7-3-4-14(11(18)12-7)10-9(17)8(16)6(5-15)19-10/h3-4,6,8-10,15-17H,5H2,1-2H3/t6-,8+,9+,10-/m1/s1. The van der Waals surface area contributed by atoms with Gasteiger partial charge in [-0.2, -0.15) is 4.98 Å². The first-order valence-electron chi connectivity index (χ1n) is 5.84. The molecule has 0 amide bonds. The van der Waals surface area contributed by atoms with Crippen molar-refractivity contribution < 1.29 is 20.1 Å². The third-order valence-corrected chi connectivity index (χ3v) is 3.06. The van der Waals surface area contributed by atoms with E-state index in [2.05, 4.69) is 4.98 Å². The largest absolute Gasteiger partial charge is 0.394 e. The number of aliphatic hydroxyl groups excluding tert-OH is 3. The van der Waals surface area contributed by atoms with E-state index in [1.165, 1.54) is 6.20 Å². The smallest absolute Gasteiger partial charge is 0.351 e. The molecule has 1 aliphatic heterocycles. The fourth-order valence-electron chi connectivity index (χ4n) is 1.96. The molecule has 0 spiro atoms. The van der Waals surface area contributed by atoms with Crippen molar-refractivity contribution in [3.63, 3.8) is 0 Å². The zero-order valence-electron chi connectivity index (χ0n) is 10.7. The molecule has 8 nitrogen and oxygen atoms in total. The van der Waals surface area contributed by atoms with Crippen molar-refractivity contribution in [2.24, 2.45) is 0 Å². The molecule has 1 aromatic rings. The lowest BCUT2D eigenvalue weighted by Gasteiger charge is -2.18. The average molecular weight is 271 g/mol. The van der Waals surface area contributed by atoms with Gasteiger partial charge in [0.15, 0.2) is 6.23 Å². The molecule has 4 atom stereocenters. The van der Waals surface area contributed by atoms with Crippen LogP contribution < -0.4 is 10.6 Å². The van der Waals surface area contributed by atoms with Gasteiger partial charge in [0.1, 0.15) is 24.1 Å². The molecule has 2 heterocycles. The molecule has 0 aliphatic carbocycles. The van der Waals surface area contributed by atoms with Gasteiger partial charge in [-0.25, -0.2) is 4.79 Å². The summed E-state index contributed by atoms with van der Waals surface area (Å²) in [4.78, 5) is 17.4. The van der Waals surface area contributed by atoms with Gasteiger partial charge in [0.25, 0.3) is 0 Å². The van der Waals surface area contributed by atoms with Crippen molar-refractivity contribution in [1.82, 2.24) is 9.55 Å². The van der Waals surface area contributed by atoms with Crippen LogP contribution in [-0.4, -0.2) is 63.9 Å². The van der Waals surface area contributed by atoms with Crippen LogP contribution in [0, 0.1) is 0 Å². The van der Waals surface area contributed by atoms with Gasteiger partial charge < -0.3 is 25.0 Å². The van der Waals surface area contributed by atoms with Crippen molar-refractivity contribution >= 4 is 5.82 Å². The minimum absolute atomic E-state index is 0.438. The summed E-state index contributed by atoms with van der Waals surface area (Å²) < 4.78 is 6.36. The predicted molar refractivity (Wildman–Crippen MR) is 65.8 cm³/mol. The second-order valence-electron chi connectivity index (χ2n) is 4.60. The Morgan fingerprint density at radius 2 is 2.11 bits per heavy atom. The average Bonchev–Trinajstić information content (AvgIpc) is 2.66. The van der Waals surface area contributed by atoms with Gasteiger partial charge in [-0.3, -0.25) is 4.57 Å². The summed E-state index contributed by atoms with van der Waals surface area (Å²) in [6.45, 7) is -0.438. The molecular formula is C11H17N3O5. The Morgan fingerprint density at radius 3 is 2.58 bits per heavy atom. The molecule has 19 heavy (non-hydrogen) atoms. The van der Waals surface area contributed by atoms with Crippen LogP contribution >= 0.6 is 0 Å². The maximum absolute atomic E-state index is 11.9. The van der Waals surface area contributed by atoms with Crippen molar-refractivity contribution in [1.29, 1.82) is 0 Å². The van der Waals surface area contributed by atoms with Crippen LogP contribution in [0.2, 0.25) is 0 Å². The minimum Gasteiger partial charge on any atom is -0.394 e. The van der Waals surface area contributed by atoms with Gasteiger partial charge in [-0.15, -0.1) is 0 Å². The van der Waals surface area contributed by atoms with E-state index in [0.717, 1.165) is 4.57 Å². The van der Waals surface area contributed by atoms with Crippen LogP contribution in [0.1, 0.15) is 6.23 Å². The lowest BCUT2D eigenvalue weighted by atomic mass is 10.1. The Hall–Kier alpha value is -1.48. The SMILES string of the molecule is CN(C)c1ccn([C@@H]2O[C@H](CO)[C@H](O)[C@@H]2O)c(=O)n1. The Kier molecular flexibility index (Phi) is 3.85. The summed E-state index contributed by atoms with van der Waals surface area (Å²) in [6, 6.07) is 1.59. The maximum atomic E-state index is 11.9. The van der Waals surface area contributed by atoms with E-state index >= 15 is 0 Å². The molecule has 8 heteroatoms. The monoisotopic (exact) mass is 271 g/mol. The third kappa shape index (κ3) is 2.47. The highest BCUT2D eigenvalue weighted by Crippen LogP contribution is 2.28. The topological polar surface area (TPSA) is 108 Å². The van der Waals surface area contributed by atoms with E-state index in [9.17, 15) is 15.0 Å².